The molecule has 2 aliphatic rings. The first-order chi connectivity index (χ1) is 9.16. The van der Waals surface area contributed by atoms with Crippen LogP contribution in [0, 0.1) is 0 Å². The van der Waals surface area contributed by atoms with E-state index in [9.17, 15) is 14.7 Å². The number of aliphatic hydroxyl groups excluding tert-OH is 1. The highest BCUT2D eigenvalue weighted by molar-refractivity contribution is 6.21. The van der Waals surface area contributed by atoms with Crippen molar-refractivity contribution in [1.82, 2.24) is 9.80 Å². The number of hydrogen-bond acceptors (Lipinski definition) is 4. The van der Waals surface area contributed by atoms with Gasteiger partial charge in [-0.3, -0.25) is 19.4 Å². The first-order valence-corrected chi connectivity index (χ1v) is 6.52. The van der Waals surface area contributed by atoms with E-state index < -0.39 is 0 Å². The highest BCUT2D eigenvalue weighted by atomic mass is 16.3. The van der Waals surface area contributed by atoms with Crippen molar-refractivity contribution in [2.75, 3.05) is 26.2 Å². The van der Waals surface area contributed by atoms with E-state index in [1.165, 1.54) is 4.90 Å². The predicted octanol–water partition coefficient (Wildman–Crippen LogP) is 0.349. The molecule has 2 heterocycles. The van der Waals surface area contributed by atoms with Crippen LogP contribution in [0.15, 0.2) is 24.3 Å². The second-order valence-electron chi connectivity index (χ2n) is 5.05. The summed E-state index contributed by atoms with van der Waals surface area (Å²) in [6.07, 6.45) is 0.490. The fraction of sp³-hybridized carbons (Fsp3) is 0.429. The normalized spacial score (nSPS) is 23.2. The van der Waals surface area contributed by atoms with Crippen LogP contribution in [-0.4, -0.2) is 59.0 Å². The van der Waals surface area contributed by atoms with Crippen LogP contribution in [0.25, 0.3) is 0 Å². The number of nitrogens with zero attached hydrogens (tertiary/aromatic N) is 2. The Labute approximate surface area is 111 Å². The lowest BCUT2D eigenvalue weighted by Gasteiger charge is -2.19. The average Bonchev–Trinajstić information content (AvgIpc) is 2.93. The van der Waals surface area contributed by atoms with Crippen molar-refractivity contribution < 1.29 is 14.7 Å². The van der Waals surface area contributed by atoms with Crippen molar-refractivity contribution in [3.05, 3.63) is 35.4 Å². The zero-order valence-electron chi connectivity index (χ0n) is 10.6. The molecule has 0 saturated carbocycles. The Hall–Kier alpha value is -1.72. The van der Waals surface area contributed by atoms with Crippen LogP contribution in [0.3, 0.4) is 0 Å². The van der Waals surface area contributed by atoms with Crippen molar-refractivity contribution in [3.8, 4) is 0 Å². The molecular formula is C14H16N2O3. The summed E-state index contributed by atoms with van der Waals surface area (Å²) in [5.41, 5.74) is 0.989. The van der Waals surface area contributed by atoms with Crippen molar-refractivity contribution in [1.29, 1.82) is 0 Å². The molecule has 1 N–H and O–H groups in total. The first kappa shape index (κ1) is 12.3. The maximum absolute atomic E-state index is 12.1. The molecule has 1 fully saturated rings. The summed E-state index contributed by atoms with van der Waals surface area (Å²) in [5, 5.41) is 9.45. The third kappa shape index (κ3) is 2.15. The number of fused-ring (bicyclic) bond motifs is 1. The van der Waals surface area contributed by atoms with Gasteiger partial charge in [-0.1, -0.05) is 12.1 Å². The summed E-state index contributed by atoms with van der Waals surface area (Å²) in [7, 11) is 0. The Morgan fingerprint density at radius 3 is 2.26 bits per heavy atom. The number of aliphatic hydroxyl groups is 1. The summed E-state index contributed by atoms with van der Waals surface area (Å²) >= 11 is 0. The quantitative estimate of drug-likeness (QED) is 0.797. The molecule has 2 aliphatic heterocycles. The SMILES string of the molecule is O=C1c2ccccc2C(=O)N1CCN1CCC(O)C1. The van der Waals surface area contributed by atoms with Gasteiger partial charge in [0.15, 0.2) is 0 Å². The molecule has 1 unspecified atom stereocenters. The van der Waals surface area contributed by atoms with Gasteiger partial charge >= 0.3 is 0 Å². The third-order valence-electron chi connectivity index (χ3n) is 3.77. The van der Waals surface area contributed by atoms with E-state index in [-0.39, 0.29) is 17.9 Å². The highest BCUT2D eigenvalue weighted by Gasteiger charge is 2.35. The highest BCUT2D eigenvalue weighted by Crippen LogP contribution is 2.22. The molecule has 0 spiro atoms. The number of β-amino-alcohol motifs (C(OH)–C–C–N with tert-alkyl or cyclic N) is 1. The van der Waals surface area contributed by atoms with Crippen LogP contribution in [-0.2, 0) is 0 Å². The van der Waals surface area contributed by atoms with E-state index in [1.54, 1.807) is 24.3 Å². The number of hydrogen-bond donors (Lipinski definition) is 1. The van der Waals surface area contributed by atoms with Gasteiger partial charge in [-0.05, 0) is 18.6 Å². The van der Waals surface area contributed by atoms with Crippen molar-refractivity contribution in [2.45, 2.75) is 12.5 Å². The minimum absolute atomic E-state index is 0.208. The maximum atomic E-state index is 12.1. The Morgan fingerprint density at radius 2 is 1.74 bits per heavy atom. The minimum atomic E-state index is -0.276. The van der Waals surface area contributed by atoms with Gasteiger partial charge in [0, 0.05) is 26.2 Å². The summed E-state index contributed by atoms with van der Waals surface area (Å²) in [6.45, 7) is 2.47. The maximum Gasteiger partial charge on any atom is 0.261 e. The lowest BCUT2D eigenvalue weighted by Crippen LogP contribution is -2.37. The zero-order chi connectivity index (χ0) is 13.4. The van der Waals surface area contributed by atoms with E-state index >= 15 is 0 Å². The van der Waals surface area contributed by atoms with E-state index in [0.29, 0.717) is 30.8 Å². The Morgan fingerprint density at radius 1 is 1.11 bits per heavy atom. The Balaban J connectivity index is 1.67. The van der Waals surface area contributed by atoms with E-state index in [4.69, 9.17) is 0 Å². The second-order valence-corrected chi connectivity index (χ2v) is 5.05. The zero-order valence-corrected chi connectivity index (χ0v) is 10.6. The van der Waals surface area contributed by atoms with Crippen LogP contribution < -0.4 is 0 Å². The largest absolute Gasteiger partial charge is 0.392 e. The molecule has 19 heavy (non-hydrogen) atoms. The van der Waals surface area contributed by atoms with Crippen LogP contribution in [0.2, 0.25) is 0 Å². The number of likely N-dealkylation sites (tertiary alicyclic amines) is 1. The summed E-state index contributed by atoms with van der Waals surface area (Å²) in [6, 6.07) is 6.92. The molecule has 0 radical (unpaired) electrons. The second kappa shape index (κ2) is 4.75. The first-order valence-electron chi connectivity index (χ1n) is 6.52. The molecular weight excluding hydrogens is 244 g/mol. The lowest BCUT2D eigenvalue weighted by atomic mass is 10.1. The molecule has 0 aromatic heterocycles. The lowest BCUT2D eigenvalue weighted by molar-refractivity contribution is 0.0638. The molecule has 1 aromatic carbocycles. The molecule has 0 aliphatic carbocycles. The van der Waals surface area contributed by atoms with Gasteiger partial charge in [0.25, 0.3) is 11.8 Å². The van der Waals surface area contributed by atoms with Crippen molar-refractivity contribution in [2.24, 2.45) is 0 Å². The fourth-order valence-electron chi connectivity index (χ4n) is 2.70. The van der Waals surface area contributed by atoms with Crippen LogP contribution >= 0.6 is 0 Å². The topological polar surface area (TPSA) is 60.9 Å². The number of rotatable bonds is 3. The van der Waals surface area contributed by atoms with Crippen molar-refractivity contribution in [3.63, 3.8) is 0 Å². The van der Waals surface area contributed by atoms with E-state index in [1.807, 2.05) is 0 Å². The van der Waals surface area contributed by atoms with E-state index in [0.717, 1.165) is 13.0 Å². The third-order valence-corrected chi connectivity index (χ3v) is 3.77. The van der Waals surface area contributed by atoms with Gasteiger partial charge in [-0.15, -0.1) is 0 Å². The number of imide groups is 1. The smallest absolute Gasteiger partial charge is 0.261 e. The fourth-order valence-corrected chi connectivity index (χ4v) is 2.70. The van der Waals surface area contributed by atoms with Crippen LogP contribution in [0.5, 0.6) is 0 Å². The van der Waals surface area contributed by atoms with Gasteiger partial charge < -0.3 is 5.11 Å². The number of carbonyl (C=O) groups excluding carboxylic acids is 2. The summed E-state index contributed by atoms with van der Waals surface area (Å²) in [5.74, 6) is -0.416. The van der Waals surface area contributed by atoms with Crippen LogP contribution in [0.1, 0.15) is 27.1 Å². The predicted molar refractivity (Wildman–Crippen MR) is 68.9 cm³/mol. The molecule has 3 rings (SSSR count). The summed E-state index contributed by atoms with van der Waals surface area (Å²) < 4.78 is 0. The molecule has 100 valence electrons. The van der Waals surface area contributed by atoms with Gasteiger partial charge in [-0.25, -0.2) is 0 Å². The van der Waals surface area contributed by atoms with Gasteiger partial charge in [0.2, 0.25) is 0 Å². The van der Waals surface area contributed by atoms with Gasteiger partial charge in [0.1, 0.15) is 0 Å². The Kier molecular flexibility index (Phi) is 3.08. The number of carbonyl (C=O) groups is 2. The van der Waals surface area contributed by atoms with Crippen LogP contribution in [0.4, 0.5) is 0 Å². The van der Waals surface area contributed by atoms with Crippen molar-refractivity contribution >= 4 is 11.8 Å². The molecule has 1 aromatic rings. The number of benzene rings is 1. The van der Waals surface area contributed by atoms with Gasteiger partial charge in [0.05, 0.1) is 17.2 Å². The molecule has 1 saturated heterocycles. The van der Waals surface area contributed by atoms with Gasteiger partial charge in [-0.2, -0.15) is 0 Å². The molecule has 5 heteroatoms. The number of amides is 2. The summed E-state index contributed by atoms with van der Waals surface area (Å²) in [4.78, 5) is 27.6. The van der Waals surface area contributed by atoms with E-state index in [2.05, 4.69) is 4.90 Å². The Bertz CT molecular complexity index is 494. The molecule has 2 amide bonds. The molecule has 5 nitrogen and oxygen atoms in total. The monoisotopic (exact) mass is 260 g/mol. The average molecular weight is 260 g/mol. The standard InChI is InChI=1S/C14H16N2O3/c17-10-5-6-15(9-10)7-8-16-13(18)11-3-1-2-4-12(11)14(16)19/h1-4,10,17H,5-9H2. The molecule has 0 bridgehead atoms. The molecule has 1 atom stereocenters. The minimum Gasteiger partial charge on any atom is -0.392 e.